The van der Waals surface area contributed by atoms with Crippen molar-refractivity contribution >= 4 is 11.6 Å². The highest BCUT2D eigenvalue weighted by Crippen LogP contribution is 2.40. The quantitative estimate of drug-likeness (QED) is 0.607. The van der Waals surface area contributed by atoms with Crippen molar-refractivity contribution in [3.8, 4) is 40.5 Å². The predicted octanol–water partition coefficient (Wildman–Crippen LogP) is 2.72. The number of hydrogen-bond acceptors (Lipinski definition) is 10. The summed E-state index contributed by atoms with van der Waals surface area (Å²) in [5.41, 5.74) is 1.31. The van der Waals surface area contributed by atoms with E-state index in [1.807, 2.05) is 0 Å². The summed E-state index contributed by atoms with van der Waals surface area (Å²) in [5, 5.41) is 3.11. The van der Waals surface area contributed by atoms with Crippen LogP contribution in [0.15, 0.2) is 30.5 Å². The van der Waals surface area contributed by atoms with E-state index in [4.69, 9.17) is 23.7 Å². The summed E-state index contributed by atoms with van der Waals surface area (Å²) in [4.78, 5) is 17.2. The van der Waals surface area contributed by atoms with E-state index < -0.39 is 0 Å². The summed E-state index contributed by atoms with van der Waals surface area (Å²) in [7, 11) is 7.66. The molecule has 0 spiro atoms. The van der Waals surface area contributed by atoms with Crippen molar-refractivity contribution in [3.63, 3.8) is 0 Å². The number of nitrogens with one attached hydrogen (secondary N) is 1. The molecule has 0 unspecified atom stereocenters. The second-order valence-corrected chi connectivity index (χ2v) is 5.60. The average Bonchev–Trinajstić information content (AvgIpc) is 2.78. The Kier molecular flexibility index (Phi) is 6.12. The third-order valence-electron chi connectivity index (χ3n) is 3.92. The molecule has 0 aliphatic heterocycles. The van der Waals surface area contributed by atoms with Gasteiger partial charge >= 0.3 is 6.01 Å². The summed E-state index contributed by atoms with van der Waals surface area (Å²) in [6, 6.07) is 7.15. The maximum absolute atomic E-state index is 5.37. The molecular weight excluding hydrogens is 378 g/mol. The lowest BCUT2D eigenvalue weighted by Gasteiger charge is -2.15. The first-order chi connectivity index (χ1) is 14.1. The third-order valence-corrected chi connectivity index (χ3v) is 3.92. The number of rotatable bonds is 8. The second kappa shape index (κ2) is 8.91. The Morgan fingerprint density at radius 1 is 0.759 bits per heavy atom. The maximum Gasteiger partial charge on any atom is 0.321 e. The molecule has 0 aliphatic carbocycles. The van der Waals surface area contributed by atoms with Crippen molar-refractivity contribution in [3.05, 3.63) is 30.5 Å². The molecule has 2 heterocycles. The third kappa shape index (κ3) is 4.37. The molecular formula is C19H21N5O5. The zero-order chi connectivity index (χ0) is 20.8. The van der Waals surface area contributed by atoms with Crippen LogP contribution < -0.4 is 29.0 Å². The fourth-order valence-corrected chi connectivity index (χ4v) is 2.55. The van der Waals surface area contributed by atoms with Crippen LogP contribution >= 0.6 is 0 Å². The molecule has 1 N–H and O–H groups in total. The van der Waals surface area contributed by atoms with Gasteiger partial charge in [0.05, 0.1) is 35.5 Å². The minimum absolute atomic E-state index is 0.153. The first-order valence-corrected chi connectivity index (χ1v) is 8.49. The molecule has 10 heteroatoms. The van der Waals surface area contributed by atoms with Crippen molar-refractivity contribution < 1.29 is 23.7 Å². The predicted molar refractivity (Wildman–Crippen MR) is 106 cm³/mol. The van der Waals surface area contributed by atoms with E-state index in [1.165, 1.54) is 7.11 Å². The summed E-state index contributed by atoms with van der Waals surface area (Å²) in [5.74, 6) is 2.63. The number of benzene rings is 1. The molecule has 0 bridgehead atoms. The van der Waals surface area contributed by atoms with Gasteiger partial charge in [0.2, 0.25) is 17.6 Å². The van der Waals surface area contributed by atoms with Gasteiger partial charge in [-0.3, -0.25) is 0 Å². The summed E-state index contributed by atoms with van der Waals surface area (Å²) in [6.45, 7) is 0. The van der Waals surface area contributed by atoms with Gasteiger partial charge in [-0.1, -0.05) is 0 Å². The van der Waals surface area contributed by atoms with Crippen LogP contribution in [-0.2, 0) is 0 Å². The van der Waals surface area contributed by atoms with E-state index in [9.17, 15) is 0 Å². The van der Waals surface area contributed by atoms with Gasteiger partial charge in [-0.25, -0.2) is 4.98 Å². The van der Waals surface area contributed by atoms with Crippen LogP contribution in [0.25, 0.3) is 11.4 Å². The molecule has 0 aliphatic rings. The Labute approximate surface area is 167 Å². The van der Waals surface area contributed by atoms with E-state index in [-0.39, 0.29) is 12.0 Å². The number of ether oxygens (including phenoxy) is 5. The molecule has 0 amide bonds. The molecule has 0 atom stereocenters. The van der Waals surface area contributed by atoms with Crippen molar-refractivity contribution in [1.82, 2.24) is 19.9 Å². The lowest BCUT2D eigenvalue weighted by molar-refractivity contribution is 0.324. The highest BCUT2D eigenvalue weighted by atomic mass is 16.5. The fourth-order valence-electron chi connectivity index (χ4n) is 2.55. The molecule has 0 saturated carbocycles. The molecule has 0 fully saturated rings. The van der Waals surface area contributed by atoms with E-state index in [0.29, 0.717) is 40.2 Å². The Morgan fingerprint density at radius 2 is 1.48 bits per heavy atom. The summed E-state index contributed by atoms with van der Waals surface area (Å²) >= 11 is 0. The zero-order valence-corrected chi connectivity index (χ0v) is 16.7. The molecule has 1 aromatic carbocycles. The maximum atomic E-state index is 5.37. The summed E-state index contributed by atoms with van der Waals surface area (Å²) in [6.07, 6.45) is 1.61. The molecule has 29 heavy (non-hydrogen) atoms. The molecule has 10 nitrogen and oxygen atoms in total. The van der Waals surface area contributed by atoms with Crippen molar-refractivity contribution in [2.45, 2.75) is 0 Å². The standard InChI is InChI=1S/C19H21N5O5/c1-25-13-8-12(9-14(26-2)16(13)28-4)21-18-22-17(23-19(24-18)29-5)11-6-7-15(27-3)20-10-11/h6-10H,1-5H3,(H,21,22,23,24). The van der Waals surface area contributed by atoms with E-state index in [0.717, 1.165) is 0 Å². The monoisotopic (exact) mass is 399 g/mol. The highest BCUT2D eigenvalue weighted by Gasteiger charge is 2.15. The number of anilines is 2. The number of hydrogen-bond donors (Lipinski definition) is 1. The highest BCUT2D eigenvalue weighted by molar-refractivity contribution is 5.66. The molecule has 3 rings (SSSR count). The van der Waals surface area contributed by atoms with Crippen LogP contribution in [0, 0.1) is 0 Å². The SMILES string of the molecule is COc1ccc(-c2nc(Nc3cc(OC)c(OC)c(OC)c3)nc(OC)n2)cn1. The van der Waals surface area contributed by atoms with Gasteiger partial charge < -0.3 is 29.0 Å². The number of methoxy groups -OCH3 is 5. The van der Waals surface area contributed by atoms with Crippen LogP contribution in [0.5, 0.6) is 29.1 Å². The Bertz CT molecular complexity index is 956. The average molecular weight is 399 g/mol. The lowest BCUT2D eigenvalue weighted by atomic mass is 10.2. The number of pyridine rings is 1. The first-order valence-electron chi connectivity index (χ1n) is 8.49. The van der Waals surface area contributed by atoms with Crippen LogP contribution in [0.3, 0.4) is 0 Å². The summed E-state index contributed by atoms with van der Waals surface area (Å²) < 4.78 is 26.4. The van der Waals surface area contributed by atoms with Crippen LogP contribution in [0.1, 0.15) is 0 Å². The van der Waals surface area contributed by atoms with Crippen LogP contribution in [-0.4, -0.2) is 55.5 Å². The molecule has 152 valence electrons. The van der Waals surface area contributed by atoms with Crippen LogP contribution in [0.4, 0.5) is 11.6 Å². The minimum atomic E-state index is 0.153. The second-order valence-electron chi connectivity index (χ2n) is 5.60. The van der Waals surface area contributed by atoms with Crippen LogP contribution in [0.2, 0.25) is 0 Å². The van der Waals surface area contributed by atoms with Gasteiger partial charge in [0.1, 0.15) is 0 Å². The van der Waals surface area contributed by atoms with Crippen molar-refractivity contribution in [1.29, 1.82) is 0 Å². The van der Waals surface area contributed by atoms with Gasteiger partial charge in [-0.05, 0) is 6.07 Å². The minimum Gasteiger partial charge on any atom is -0.493 e. The molecule has 0 radical (unpaired) electrons. The normalized spacial score (nSPS) is 10.2. The smallest absolute Gasteiger partial charge is 0.321 e. The molecule has 0 saturated heterocycles. The Morgan fingerprint density at radius 3 is 2.00 bits per heavy atom. The van der Waals surface area contributed by atoms with Gasteiger partial charge in [-0.2, -0.15) is 15.0 Å². The van der Waals surface area contributed by atoms with E-state index in [1.54, 1.807) is 58.9 Å². The number of nitrogens with zero attached hydrogens (tertiary/aromatic N) is 4. The van der Waals surface area contributed by atoms with Gasteiger partial charge in [0.15, 0.2) is 17.3 Å². The zero-order valence-electron chi connectivity index (χ0n) is 16.7. The van der Waals surface area contributed by atoms with Gasteiger partial charge in [-0.15, -0.1) is 0 Å². The lowest BCUT2D eigenvalue weighted by Crippen LogP contribution is -2.04. The van der Waals surface area contributed by atoms with Crippen molar-refractivity contribution in [2.24, 2.45) is 0 Å². The topological polar surface area (TPSA) is 110 Å². The van der Waals surface area contributed by atoms with Gasteiger partial charge in [0, 0.05) is 35.6 Å². The Hall–Kier alpha value is -3.82. The van der Waals surface area contributed by atoms with E-state index >= 15 is 0 Å². The fraction of sp³-hybridized carbons (Fsp3) is 0.263. The number of aromatic nitrogens is 4. The van der Waals surface area contributed by atoms with Gasteiger partial charge in [0.25, 0.3) is 0 Å². The van der Waals surface area contributed by atoms with E-state index in [2.05, 4.69) is 25.3 Å². The molecule has 3 aromatic rings. The van der Waals surface area contributed by atoms with Crippen molar-refractivity contribution in [2.75, 3.05) is 40.9 Å². The largest absolute Gasteiger partial charge is 0.493 e. The molecule has 2 aromatic heterocycles. The Balaban J connectivity index is 1.98. The first kappa shape index (κ1) is 19.9.